The predicted molar refractivity (Wildman–Crippen MR) is 178 cm³/mol. The van der Waals surface area contributed by atoms with E-state index in [9.17, 15) is 9.59 Å². The van der Waals surface area contributed by atoms with Crippen molar-refractivity contribution in [3.8, 4) is 11.5 Å². The molecule has 9 heteroatoms. The van der Waals surface area contributed by atoms with Crippen LogP contribution < -0.4 is 14.8 Å². The molecule has 7 nitrogen and oxygen atoms in total. The fourth-order valence-electron chi connectivity index (χ4n) is 6.42. The zero-order chi connectivity index (χ0) is 31.7. The van der Waals surface area contributed by atoms with Crippen molar-refractivity contribution in [3.63, 3.8) is 0 Å². The molecule has 2 bridgehead atoms. The molecule has 3 aromatic carbocycles. The van der Waals surface area contributed by atoms with Gasteiger partial charge in [-0.3, -0.25) is 9.59 Å². The van der Waals surface area contributed by atoms with E-state index in [1.54, 1.807) is 6.92 Å². The second-order valence-corrected chi connectivity index (χ2v) is 13.2. The number of rotatable bonds is 10. The van der Waals surface area contributed by atoms with Crippen LogP contribution in [0.15, 0.2) is 66.2 Å². The summed E-state index contributed by atoms with van der Waals surface area (Å²) < 4.78 is 11.8. The largest absolute Gasteiger partial charge is 0.490 e. The zero-order valence-corrected chi connectivity index (χ0v) is 27.5. The summed E-state index contributed by atoms with van der Waals surface area (Å²) in [6.07, 6.45) is 2.69. The molecule has 0 aromatic heterocycles. The Balaban J connectivity index is 1.22. The molecule has 3 aliphatic rings. The number of ether oxygens (including phenoxy) is 2. The maximum atomic E-state index is 14.5. The van der Waals surface area contributed by atoms with Crippen LogP contribution in [0.1, 0.15) is 48.4 Å². The van der Waals surface area contributed by atoms with Gasteiger partial charge < -0.3 is 24.6 Å². The average molecular weight is 649 g/mol. The summed E-state index contributed by atoms with van der Waals surface area (Å²) in [5, 5.41) is 4.61. The number of nitrogens with zero attached hydrogens (tertiary/aromatic N) is 2. The Morgan fingerprint density at radius 2 is 1.64 bits per heavy atom. The number of carbonyl (C=O) groups excluding carboxylic acids is 2. The number of fused-ring (bicyclic) bond motifs is 2. The molecule has 1 saturated carbocycles. The first-order chi connectivity index (χ1) is 21.7. The number of piperazine rings is 1. The quantitative estimate of drug-likeness (QED) is 0.251. The second-order valence-electron chi connectivity index (χ2n) is 12.4. The predicted octanol–water partition coefficient (Wildman–Crippen LogP) is 6.61. The maximum Gasteiger partial charge on any atom is 0.252 e. The fourth-order valence-corrected chi connectivity index (χ4v) is 7.12. The van der Waals surface area contributed by atoms with Crippen molar-refractivity contribution in [2.75, 3.05) is 26.3 Å². The second kappa shape index (κ2) is 13.5. The minimum atomic E-state index is -0.226. The van der Waals surface area contributed by atoms with Crippen molar-refractivity contribution >= 4 is 40.6 Å². The molecular formula is C36H39Cl2N3O4. The molecule has 2 atom stereocenters. The third kappa shape index (κ3) is 7.32. The highest BCUT2D eigenvalue weighted by molar-refractivity contribution is 6.37. The summed E-state index contributed by atoms with van der Waals surface area (Å²) in [7, 11) is 0. The standard InChI is InChI=1S/C36H39Cl2N3O4/c1-22-5-4-6-25(15-22)19-41(28-9-10-28)36(43)34-30(18-27-20-40(24(3)42)21-33(34)39-27)26-7-11-29(12-8-26)44-13-14-45-35-31(37)16-23(2)17-32(35)38/h4-8,11-12,15-17,27-28,33,39H,9-10,13-14,18-21H2,1-3H3/t27-,33-/m1/s1. The van der Waals surface area contributed by atoms with Crippen molar-refractivity contribution in [2.45, 2.75) is 64.7 Å². The zero-order valence-electron chi connectivity index (χ0n) is 25.9. The molecule has 6 rings (SSSR count). The van der Waals surface area contributed by atoms with E-state index in [2.05, 4.69) is 30.4 Å². The van der Waals surface area contributed by atoms with Gasteiger partial charge in [0.2, 0.25) is 5.91 Å². The highest BCUT2D eigenvalue weighted by Crippen LogP contribution is 2.38. The van der Waals surface area contributed by atoms with Crippen LogP contribution in [-0.4, -0.2) is 66.0 Å². The summed E-state index contributed by atoms with van der Waals surface area (Å²) in [6, 6.07) is 20.0. The monoisotopic (exact) mass is 647 g/mol. The molecular weight excluding hydrogens is 609 g/mol. The van der Waals surface area contributed by atoms with Crippen molar-refractivity contribution < 1.29 is 19.1 Å². The maximum absolute atomic E-state index is 14.5. The Morgan fingerprint density at radius 1 is 0.933 bits per heavy atom. The minimum absolute atomic E-state index is 0.0398. The number of hydrogen-bond donors (Lipinski definition) is 1. The molecule has 0 radical (unpaired) electrons. The number of aryl methyl sites for hydroxylation is 2. The molecule has 3 aromatic rings. The Hall–Kier alpha value is -3.52. The lowest BCUT2D eigenvalue weighted by atomic mass is 9.82. The topological polar surface area (TPSA) is 71.1 Å². The van der Waals surface area contributed by atoms with E-state index in [4.69, 9.17) is 32.7 Å². The molecule has 45 heavy (non-hydrogen) atoms. The van der Waals surface area contributed by atoms with Gasteiger partial charge in [-0.25, -0.2) is 0 Å². The van der Waals surface area contributed by atoms with E-state index in [1.165, 1.54) is 5.56 Å². The van der Waals surface area contributed by atoms with Crippen LogP contribution in [0.2, 0.25) is 10.0 Å². The van der Waals surface area contributed by atoms with Gasteiger partial charge in [0, 0.05) is 44.2 Å². The Kier molecular flexibility index (Phi) is 9.41. The lowest BCUT2D eigenvalue weighted by Gasteiger charge is -2.44. The van der Waals surface area contributed by atoms with Crippen LogP contribution in [0.5, 0.6) is 11.5 Å². The van der Waals surface area contributed by atoms with Crippen molar-refractivity contribution in [3.05, 3.63) is 98.5 Å². The first-order valence-electron chi connectivity index (χ1n) is 15.6. The first kappa shape index (κ1) is 31.5. The van der Waals surface area contributed by atoms with Gasteiger partial charge in [0.25, 0.3) is 5.91 Å². The van der Waals surface area contributed by atoms with Crippen molar-refractivity contribution in [2.24, 2.45) is 0 Å². The third-order valence-electron chi connectivity index (χ3n) is 8.71. The summed E-state index contributed by atoms with van der Waals surface area (Å²) in [4.78, 5) is 30.8. The third-order valence-corrected chi connectivity index (χ3v) is 9.27. The molecule has 2 amide bonds. The van der Waals surface area contributed by atoms with Gasteiger partial charge in [-0.05, 0) is 79.6 Å². The van der Waals surface area contributed by atoms with Crippen LogP contribution in [0, 0.1) is 13.8 Å². The fraction of sp³-hybridized carbons (Fsp3) is 0.389. The lowest BCUT2D eigenvalue weighted by Crippen LogP contribution is -2.61. The molecule has 1 aliphatic carbocycles. The summed E-state index contributed by atoms with van der Waals surface area (Å²) >= 11 is 12.6. The SMILES string of the molecule is CC(=O)N1C[C@H]2CC(c3ccc(OCCOc4c(Cl)cc(C)cc4Cl)cc3)=C(C(=O)N(Cc3cccc(C)c3)C3CC3)[C@@H](C1)N2. The van der Waals surface area contributed by atoms with Crippen LogP contribution in [0.3, 0.4) is 0 Å². The van der Waals surface area contributed by atoms with E-state index in [0.717, 1.165) is 40.7 Å². The van der Waals surface area contributed by atoms with E-state index < -0.39 is 0 Å². The number of nitrogens with one attached hydrogen (secondary N) is 1. The molecule has 2 aliphatic heterocycles. The van der Waals surface area contributed by atoms with Gasteiger partial charge in [0.1, 0.15) is 19.0 Å². The van der Waals surface area contributed by atoms with Crippen LogP contribution in [0.4, 0.5) is 0 Å². The Bertz CT molecular complexity index is 1600. The summed E-state index contributed by atoms with van der Waals surface area (Å²) in [6.45, 7) is 7.89. The van der Waals surface area contributed by atoms with Gasteiger partial charge in [-0.2, -0.15) is 0 Å². The molecule has 0 unspecified atom stereocenters. The van der Waals surface area contributed by atoms with E-state index in [-0.39, 0.29) is 36.5 Å². The number of halogens is 2. The van der Waals surface area contributed by atoms with Gasteiger partial charge in [-0.15, -0.1) is 0 Å². The smallest absolute Gasteiger partial charge is 0.252 e. The van der Waals surface area contributed by atoms with Crippen LogP contribution in [-0.2, 0) is 16.1 Å². The molecule has 236 valence electrons. The van der Waals surface area contributed by atoms with Gasteiger partial charge in [0.05, 0.1) is 16.1 Å². The van der Waals surface area contributed by atoms with Crippen LogP contribution >= 0.6 is 23.2 Å². The first-order valence-corrected chi connectivity index (χ1v) is 16.3. The van der Waals surface area contributed by atoms with Crippen LogP contribution in [0.25, 0.3) is 5.57 Å². The Labute approximate surface area is 275 Å². The van der Waals surface area contributed by atoms with Gasteiger partial charge >= 0.3 is 0 Å². The number of benzene rings is 3. The average Bonchev–Trinajstić information content (AvgIpc) is 3.84. The van der Waals surface area contributed by atoms with E-state index in [1.807, 2.05) is 59.2 Å². The number of carbonyl (C=O) groups is 2. The summed E-state index contributed by atoms with van der Waals surface area (Å²) in [5.41, 5.74) is 6.09. The normalized spacial score (nSPS) is 19.4. The highest BCUT2D eigenvalue weighted by atomic mass is 35.5. The molecule has 2 fully saturated rings. The molecule has 0 spiro atoms. The molecule has 1 N–H and O–H groups in total. The highest BCUT2D eigenvalue weighted by Gasteiger charge is 2.43. The van der Waals surface area contributed by atoms with Gasteiger partial charge in [0.15, 0.2) is 5.75 Å². The van der Waals surface area contributed by atoms with Crippen molar-refractivity contribution in [1.29, 1.82) is 0 Å². The number of hydrogen-bond acceptors (Lipinski definition) is 5. The molecule has 2 heterocycles. The van der Waals surface area contributed by atoms with E-state index >= 15 is 0 Å². The lowest BCUT2D eigenvalue weighted by molar-refractivity contribution is -0.132. The van der Waals surface area contributed by atoms with Gasteiger partial charge in [-0.1, -0.05) is 65.2 Å². The van der Waals surface area contributed by atoms with Crippen molar-refractivity contribution in [1.82, 2.24) is 15.1 Å². The minimum Gasteiger partial charge on any atom is -0.490 e. The number of amides is 2. The van der Waals surface area contributed by atoms with E-state index in [0.29, 0.717) is 54.2 Å². The Morgan fingerprint density at radius 3 is 2.31 bits per heavy atom. The summed E-state index contributed by atoms with van der Waals surface area (Å²) in [5.74, 6) is 1.25. The molecule has 1 saturated heterocycles.